The van der Waals surface area contributed by atoms with E-state index in [-0.39, 0.29) is 0 Å². The predicted molar refractivity (Wildman–Crippen MR) is 81.8 cm³/mol. The minimum Gasteiger partial charge on any atom is -0.265 e. The number of fused-ring (bicyclic) bond motifs is 1. The second kappa shape index (κ2) is 5.38. The molecule has 3 rings (SSSR count). The zero-order valence-corrected chi connectivity index (χ0v) is 10.8. The largest absolute Gasteiger partial charge is 0.265 e. The fourth-order valence-electron chi connectivity index (χ4n) is 2.21. The van der Waals surface area contributed by atoms with Gasteiger partial charge in [0.2, 0.25) is 0 Å². The Hall–Kier alpha value is -2.92. The Kier molecular flexibility index (Phi) is 3.26. The van der Waals surface area contributed by atoms with Crippen molar-refractivity contribution in [2.75, 3.05) is 0 Å². The highest BCUT2D eigenvalue weighted by atomic mass is 14.6. The highest BCUT2D eigenvalue weighted by molar-refractivity contribution is 5.92. The lowest BCUT2D eigenvalue weighted by Crippen LogP contribution is -1.85. The van der Waals surface area contributed by atoms with Crippen molar-refractivity contribution >= 4 is 22.9 Å². The van der Waals surface area contributed by atoms with Gasteiger partial charge in [0.05, 0.1) is 5.56 Å². The maximum atomic E-state index is 9.42. The van der Waals surface area contributed by atoms with Crippen LogP contribution in [0.1, 0.15) is 16.7 Å². The van der Waals surface area contributed by atoms with E-state index in [1.807, 2.05) is 60.7 Å². The Morgan fingerprint density at radius 3 is 2.50 bits per heavy atom. The van der Waals surface area contributed by atoms with Crippen molar-refractivity contribution in [3.63, 3.8) is 0 Å². The van der Waals surface area contributed by atoms with E-state index in [4.69, 9.17) is 0 Å². The Labute approximate surface area is 117 Å². The second-order valence-electron chi connectivity index (χ2n) is 4.48. The first-order chi connectivity index (χ1) is 9.88. The molecule has 3 aromatic rings. The van der Waals surface area contributed by atoms with E-state index in [1.54, 1.807) is 12.4 Å². The molecular formula is C18H12N2. The average Bonchev–Trinajstić information content (AvgIpc) is 2.53. The number of nitriles is 1. The summed E-state index contributed by atoms with van der Waals surface area (Å²) in [4.78, 5) is 3.99. The minimum absolute atomic E-state index is 0.716. The van der Waals surface area contributed by atoms with Gasteiger partial charge >= 0.3 is 0 Å². The van der Waals surface area contributed by atoms with Crippen LogP contribution in [0.4, 0.5) is 0 Å². The van der Waals surface area contributed by atoms with E-state index in [1.165, 1.54) is 0 Å². The smallest absolute Gasteiger partial charge is 0.100 e. The van der Waals surface area contributed by atoms with Crippen LogP contribution in [0.25, 0.3) is 22.9 Å². The monoisotopic (exact) mass is 256 g/mol. The summed E-state index contributed by atoms with van der Waals surface area (Å²) in [6, 6.07) is 18.2. The van der Waals surface area contributed by atoms with Crippen LogP contribution in [0, 0.1) is 11.3 Å². The van der Waals surface area contributed by atoms with Gasteiger partial charge in [-0.1, -0.05) is 48.6 Å². The quantitative estimate of drug-likeness (QED) is 0.686. The normalized spacial score (nSPS) is 10.8. The van der Waals surface area contributed by atoms with Crippen LogP contribution < -0.4 is 0 Å². The molecule has 2 nitrogen and oxygen atoms in total. The molecule has 0 amide bonds. The van der Waals surface area contributed by atoms with Gasteiger partial charge in [0, 0.05) is 17.8 Å². The third kappa shape index (κ3) is 2.30. The van der Waals surface area contributed by atoms with Crippen LogP contribution in [-0.4, -0.2) is 4.98 Å². The Balaban J connectivity index is 2.09. The van der Waals surface area contributed by atoms with Gasteiger partial charge in [-0.15, -0.1) is 0 Å². The van der Waals surface area contributed by atoms with Gasteiger partial charge in [0.15, 0.2) is 0 Å². The fraction of sp³-hybridized carbons (Fsp3) is 0. The third-order valence-corrected chi connectivity index (χ3v) is 3.23. The molecule has 0 spiro atoms. The van der Waals surface area contributed by atoms with Crippen LogP contribution in [0.2, 0.25) is 0 Å². The molecule has 0 unspecified atom stereocenters. The standard InChI is InChI=1S/C18H12N2/c19-13-18-16(6-5-14-9-11-20-12-10-14)8-7-15-3-1-2-4-17(15)18/h1-12H. The van der Waals surface area contributed by atoms with Crippen LogP contribution in [0.5, 0.6) is 0 Å². The van der Waals surface area contributed by atoms with Crippen LogP contribution in [0.15, 0.2) is 60.9 Å². The van der Waals surface area contributed by atoms with Crippen molar-refractivity contribution in [2.24, 2.45) is 0 Å². The summed E-state index contributed by atoms with van der Waals surface area (Å²) in [5, 5.41) is 11.5. The fourth-order valence-corrected chi connectivity index (χ4v) is 2.21. The average molecular weight is 256 g/mol. The van der Waals surface area contributed by atoms with Crippen LogP contribution in [0.3, 0.4) is 0 Å². The van der Waals surface area contributed by atoms with Gasteiger partial charge in [-0.05, 0) is 28.6 Å². The van der Waals surface area contributed by atoms with Gasteiger partial charge in [0.1, 0.15) is 6.07 Å². The molecule has 0 atom stereocenters. The van der Waals surface area contributed by atoms with Crippen LogP contribution >= 0.6 is 0 Å². The highest BCUT2D eigenvalue weighted by Gasteiger charge is 2.04. The Morgan fingerprint density at radius 2 is 1.70 bits per heavy atom. The predicted octanol–water partition coefficient (Wildman–Crippen LogP) is 4.28. The van der Waals surface area contributed by atoms with Crippen molar-refractivity contribution in [3.05, 3.63) is 77.6 Å². The van der Waals surface area contributed by atoms with Gasteiger partial charge in [-0.25, -0.2) is 0 Å². The second-order valence-corrected chi connectivity index (χ2v) is 4.48. The molecule has 1 aromatic heterocycles. The van der Waals surface area contributed by atoms with E-state index >= 15 is 0 Å². The van der Waals surface area contributed by atoms with Gasteiger partial charge in [0.25, 0.3) is 0 Å². The van der Waals surface area contributed by atoms with Crippen molar-refractivity contribution in [2.45, 2.75) is 0 Å². The first-order valence-corrected chi connectivity index (χ1v) is 6.38. The van der Waals surface area contributed by atoms with Gasteiger partial charge in [-0.2, -0.15) is 5.26 Å². The van der Waals surface area contributed by atoms with Crippen molar-refractivity contribution in [1.82, 2.24) is 4.98 Å². The zero-order chi connectivity index (χ0) is 13.8. The molecule has 0 aliphatic rings. The number of pyridine rings is 1. The van der Waals surface area contributed by atoms with Gasteiger partial charge < -0.3 is 0 Å². The molecule has 0 radical (unpaired) electrons. The van der Waals surface area contributed by atoms with E-state index in [0.717, 1.165) is 21.9 Å². The van der Waals surface area contributed by atoms with Crippen molar-refractivity contribution in [3.8, 4) is 6.07 Å². The topological polar surface area (TPSA) is 36.7 Å². The maximum Gasteiger partial charge on any atom is 0.100 e. The van der Waals surface area contributed by atoms with Gasteiger partial charge in [-0.3, -0.25) is 4.98 Å². The SMILES string of the molecule is N#Cc1c(C=Cc2ccncc2)ccc2ccccc12. The molecule has 94 valence electrons. The summed E-state index contributed by atoms with van der Waals surface area (Å²) < 4.78 is 0. The van der Waals surface area contributed by atoms with E-state index in [2.05, 4.69) is 11.1 Å². The van der Waals surface area contributed by atoms with Crippen molar-refractivity contribution < 1.29 is 0 Å². The minimum atomic E-state index is 0.716. The summed E-state index contributed by atoms with van der Waals surface area (Å²) in [5.74, 6) is 0. The lowest BCUT2D eigenvalue weighted by atomic mass is 9.99. The number of aromatic nitrogens is 1. The molecule has 2 aromatic carbocycles. The Morgan fingerprint density at radius 1 is 0.900 bits per heavy atom. The Bertz CT molecular complexity index is 812. The first kappa shape index (κ1) is 12.1. The third-order valence-electron chi connectivity index (χ3n) is 3.23. The van der Waals surface area contributed by atoms with E-state index in [9.17, 15) is 5.26 Å². The summed E-state index contributed by atoms with van der Waals surface area (Å²) in [6.07, 6.45) is 7.48. The molecule has 0 fully saturated rings. The molecule has 0 saturated carbocycles. The molecule has 20 heavy (non-hydrogen) atoms. The highest BCUT2D eigenvalue weighted by Crippen LogP contribution is 2.23. The zero-order valence-electron chi connectivity index (χ0n) is 10.8. The molecular weight excluding hydrogens is 244 g/mol. The van der Waals surface area contributed by atoms with Crippen LogP contribution in [-0.2, 0) is 0 Å². The van der Waals surface area contributed by atoms with Crippen molar-refractivity contribution in [1.29, 1.82) is 5.26 Å². The molecule has 0 saturated heterocycles. The lowest BCUT2D eigenvalue weighted by Gasteiger charge is -2.03. The number of nitrogens with zero attached hydrogens (tertiary/aromatic N) is 2. The summed E-state index contributed by atoms with van der Waals surface area (Å²) >= 11 is 0. The first-order valence-electron chi connectivity index (χ1n) is 6.38. The maximum absolute atomic E-state index is 9.42. The number of benzene rings is 2. The molecule has 2 heteroatoms. The molecule has 0 N–H and O–H groups in total. The summed E-state index contributed by atoms with van der Waals surface area (Å²) in [5.41, 5.74) is 2.72. The lowest BCUT2D eigenvalue weighted by molar-refractivity contribution is 1.32. The number of hydrogen-bond acceptors (Lipinski definition) is 2. The number of rotatable bonds is 2. The van der Waals surface area contributed by atoms with E-state index in [0.29, 0.717) is 5.56 Å². The molecule has 0 aliphatic heterocycles. The molecule has 0 aliphatic carbocycles. The molecule has 1 heterocycles. The number of hydrogen-bond donors (Lipinski definition) is 0. The molecule has 0 bridgehead atoms. The van der Waals surface area contributed by atoms with E-state index < -0.39 is 0 Å². The summed E-state index contributed by atoms with van der Waals surface area (Å²) in [7, 11) is 0. The summed E-state index contributed by atoms with van der Waals surface area (Å²) in [6.45, 7) is 0.